The number of halogens is 2. The third-order valence-electron chi connectivity index (χ3n) is 1.94. The molecule has 0 unspecified atom stereocenters. The fourth-order valence-corrected chi connectivity index (χ4v) is 2.37. The van der Waals surface area contributed by atoms with E-state index in [0.29, 0.717) is 10.7 Å². The SMILES string of the molecule is C=CC(=O)OCC(CBr)(CBr)COC(=O)C=C. The van der Waals surface area contributed by atoms with Crippen molar-refractivity contribution in [3.05, 3.63) is 25.3 Å². The summed E-state index contributed by atoms with van der Waals surface area (Å²) < 4.78 is 9.94. The van der Waals surface area contributed by atoms with Crippen LogP contribution in [0.25, 0.3) is 0 Å². The van der Waals surface area contributed by atoms with E-state index in [1.54, 1.807) is 0 Å². The van der Waals surface area contributed by atoms with Gasteiger partial charge in [-0.05, 0) is 0 Å². The average Bonchev–Trinajstić information content (AvgIpc) is 2.38. The zero-order valence-electron chi connectivity index (χ0n) is 9.29. The lowest BCUT2D eigenvalue weighted by Gasteiger charge is -2.28. The predicted octanol–water partition coefficient (Wildman–Crippen LogP) is 2.22. The van der Waals surface area contributed by atoms with Gasteiger partial charge in [0.2, 0.25) is 0 Å². The second kappa shape index (κ2) is 8.47. The molecule has 0 saturated heterocycles. The molecular weight excluding hydrogens is 356 g/mol. The van der Waals surface area contributed by atoms with E-state index in [-0.39, 0.29) is 13.2 Å². The summed E-state index contributed by atoms with van der Waals surface area (Å²) in [6.07, 6.45) is 2.17. The van der Waals surface area contributed by atoms with Gasteiger partial charge >= 0.3 is 11.9 Å². The minimum atomic E-state index is -0.508. The van der Waals surface area contributed by atoms with E-state index >= 15 is 0 Å². The van der Waals surface area contributed by atoms with Gasteiger partial charge in [0.15, 0.2) is 0 Å². The zero-order valence-corrected chi connectivity index (χ0v) is 12.5. The molecule has 17 heavy (non-hydrogen) atoms. The molecule has 0 saturated carbocycles. The second-order valence-corrected chi connectivity index (χ2v) is 4.51. The number of alkyl halides is 2. The highest BCUT2D eigenvalue weighted by Crippen LogP contribution is 2.24. The molecule has 0 bridgehead atoms. The largest absolute Gasteiger partial charge is 0.462 e. The quantitative estimate of drug-likeness (QED) is 0.374. The molecule has 0 amide bonds. The maximum absolute atomic E-state index is 11.0. The third kappa shape index (κ3) is 6.02. The topological polar surface area (TPSA) is 52.6 Å². The van der Waals surface area contributed by atoms with Crippen molar-refractivity contribution < 1.29 is 19.1 Å². The van der Waals surface area contributed by atoms with E-state index in [2.05, 4.69) is 45.0 Å². The lowest BCUT2D eigenvalue weighted by molar-refractivity contribution is -0.145. The number of hydrogen-bond acceptors (Lipinski definition) is 4. The van der Waals surface area contributed by atoms with Crippen LogP contribution in [0.1, 0.15) is 0 Å². The van der Waals surface area contributed by atoms with Crippen molar-refractivity contribution in [3.63, 3.8) is 0 Å². The van der Waals surface area contributed by atoms with Crippen molar-refractivity contribution in [3.8, 4) is 0 Å². The van der Waals surface area contributed by atoms with Crippen LogP contribution >= 0.6 is 31.9 Å². The van der Waals surface area contributed by atoms with Crippen LogP contribution in [0, 0.1) is 5.41 Å². The van der Waals surface area contributed by atoms with Crippen LogP contribution < -0.4 is 0 Å². The van der Waals surface area contributed by atoms with Gasteiger partial charge in [0, 0.05) is 22.8 Å². The summed E-state index contributed by atoms with van der Waals surface area (Å²) >= 11 is 6.63. The molecule has 0 N–H and O–H groups in total. The van der Waals surface area contributed by atoms with Crippen molar-refractivity contribution in [2.24, 2.45) is 5.41 Å². The van der Waals surface area contributed by atoms with Gasteiger partial charge in [-0.15, -0.1) is 0 Å². The zero-order chi connectivity index (χ0) is 13.3. The molecule has 0 aliphatic rings. The molecule has 0 atom stereocenters. The van der Waals surface area contributed by atoms with Crippen LogP contribution in [-0.2, 0) is 19.1 Å². The Morgan fingerprint density at radius 2 is 1.35 bits per heavy atom. The Morgan fingerprint density at radius 3 is 1.59 bits per heavy atom. The maximum atomic E-state index is 11.0. The summed E-state index contributed by atoms with van der Waals surface area (Å²) in [6, 6.07) is 0. The summed E-state index contributed by atoms with van der Waals surface area (Å²) in [7, 11) is 0. The van der Waals surface area contributed by atoms with Crippen LogP contribution in [-0.4, -0.2) is 35.8 Å². The first-order chi connectivity index (χ1) is 8.03. The predicted molar refractivity (Wildman–Crippen MR) is 72.3 cm³/mol. The van der Waals surface area contributed by atoms with Gasteiger partial charge in [-0.25, -0.2) is 9.59 Å². The van der Waals surface area contributed by atoms with Gasteiger partial charge in [-0.2, -0.15) is 0 Å². The minimum absolute atomic E-state index is 0.124. The maximum Gasteiger partial charge on any atom is 0.330 e. The Labute approximate surface area is 117 Å². The smallest absolute Gasteiger partial charge is 0.330 e. The second-order valence-electron chi connectivity index (χ2n) is 3.39. The molecule has 0 aromatic carbocycles. The third-order valence-corrected chi connectivity index (χ3v) is 4.32. The van der Waals surface area contributed by atoms with E-state index in [1.807, 2.05) is 0 Å². The number of ether oxygens (including phenoxy) is 2. The molecule has 0 aromatic rings. The number of hydrogen-bond donors (Lipinski definition) is 0. The molecule has 4 nitrogen and oxygen atoms in total. The van der Waals surface area contributed by atoms with Gasteiger partial charge in [0.25, 0.3) is 0 Å². The van der Waals surface area contributed by atoms with Crippen LogP contribution in [0.5, 0.6) is 0 Å². The van der Waals surface area contributed by atoms with Crippen LogP contribution in [0.3, 0.4) is 0 Å². The summed E-state index contributed by atoms with van der Waals surface area (Å²) in [5, 5.41) is 1.03. The Hall–Kier alpha value is -0.620. The number of rotatable bonds is 8. The fraction of sp³-hybridized carbons (Fsp3) is 0.455. The molecule has 0 heterocycles. The lowest BCUT2D eigenvalue weighted by atomic mass is 9.96. The lowest BCUT2D eigenvalue weighted by Crippen LogP contribution is -2.37. The van der Waals surface area contributed by atoms with Crippen LogP contribution in [0.2, 0.25) is 0 Å². The molecule has 0 radical (unpaired) electrons. The fourth-order valence-electron chi connectivity index (χ4n) is 0.798. The highest BCUT2D eigenvalue weighted by Gasteiger charge is 2.31. The first-order valence-electron chi connectivity index (χ1n) is 4.74. The van der Waals surface area contributed by atoms with E-state index in [1.165, 1.54) is 0 Å². The van der Waals surface area contributed by atoms with Crippen molar-refractivity contribution in [1.29, 1.82) is 0 Å². The van der Waals surface area contributed by atoms with E-state index in [4.69, 9.17) is 9.47 Å². The molecule has 0 fully saturated rings. The summed E-state index contributed by atoms with van der Waals surface area (Å²) in [5.74, 6) is -1.02. The van der Waals surface area contributed by atoms with E-state index < -0.39 is 17.4 Å². The Kier molecular flexibility index (Phi) is 8.16. The van der Waals surface area contributed by atoms with E-state index in [0.717, 1.165) is 12.2 Å². The molecule has 0 aliphatic carbocycles. The van der Waals surface area contributed by atoms with Crippen molar-refractivity contribution in [2.45, 2.75) is 0 Å². The van der Waals surface area contributed by atoms with Crippen LogP contribution in [0.4, 0.5) is 0 Å². The van der Waals surface area contributed by atoms with Gasteiger partial charge in [-0.3, -0.25) is 0 Å². The number of carbonyl (C=O) groups is 2. The molecule has 0 aromatic heterocycles. The summed E-state index contributed by atoms with van der Waals surface area (Å²) in [6.45, 7) is 6.86. The molecular formula is C11H14Br2O4. The highest BCUT2D eigenvalue weighted by atomic mass is 79.9. The van der Waals surface area contributed by atoms with Gasteiger partial charge in [-0.1, -0.05) is 45.0 Å². The first-order valence-corrected chi connectivity index (χ1v) is 6.98. The van der Waals surface area contributed by atoms with Crippen LogP contribution in [0.15, 0.2) is 25.3 Å². The Bertz CT molecular complexity index is 272. The molecule has 96 valence electrons. The number of carbonyl (C=O) groups excluding carboxylic acids is 2. The van der Waals surface area contributed by atoms with Gasteiger partial charge in [0.05, 0.1) is 5.41 Å². The van der Waals surface area contributed by atoms with Crippen molar-refractivity contribution in [1.82, 2.24) is 0 Å². The monoisotopic (exact) mass is 368 g/mol. The standard InChI is InChI=1S/C11H14Br2O4/c1-3-9(14)16-7-11(5-12,6-13)8-17-10(15)4-2/h3-4H,1-2,5-8H2. The normalized spacial score (nSPS) is 10.5. The Morgan fingerprint density at radius 1 is 1.00 bits per heavy atom. The van der Waals surface area contributed by atoms with Gasteiger partial charge in [0.1, 0.15) is 13.2 Å². The molecule has 0 rings (SSSR count). The minimum Gasteiger partial charge on any atom is -0.462 e. The van der Waals surface area contributed by atoms with Crippen molar-refractivity contribution >= 4 is 43.8 Å². The Balaban J connectivity index is 4.43. The van der Waals surface area contributed by atoms with E-state index in [9.17, 15) is 9.59 Å². The summed E-state index contributed by atoms with van der Waals surface area (Å²) in [4.78, 5) is 22.0. The first kappa shape index (κ1) is 16.4. The van der Waals surface area contributed by atoms with Gasteiger partial charge < -0.3 is 9.47 Å². The highest BCUT2D eigenvalue weighted by molar-refractivity contribution is 9.09. The average molecular weight is 370 g/mol. The molecule has 0 aliphatic heterocycles. The number of esters is 2. The van der Waals surface area contributed by atoms with Crippen molar-refractivity contribution in [2.75, 3.05) is 23.9 Å². The molecule has 6 heteroatoms. The summed E-state index contributed by atoms with van der Waals surface area (Å²) in [5.41, 5.74) is -0.503. The molecule has 0 spiro atoms.